The first-order valence-corrected chi connectivity index (χ1v) is 9.71. The lowest BCUT2D eigenvalue weighted by molar-refractivity contribution is -0.120. The van der Waals surface area contributed by atoms with Crippen LogP contribution in [0.5, 0.6) is 0 Å². The molecule has 1 fully saturated rings. The summed E-state index contributed by atoms with van der Waals surface area (Å²) in [7, 11) is 0. The number of Topliss-reactive ketones (excluding diaryl/α,β-unsaturated/α-hetero) is 1. The fourth-order valence-corrected chi connectivity index (χ4v) is 3.26. The molecule has 0 saturated carbocycles. The van der Waals surface area contributed by atoms with Crippen molar-refractivity contribution in [3.05, 3.63) is 53.0 Å². The standard InChI is InChI=1S/C22H28N4O2/c1-15-19(21(28)26-11-9-18(27)10-12-26)24-14-25-20(15)23-13-16-5-7-17(8-6-16)22(2,3)4/h5-8,14H,9-13H2,1-4H3,(H,23,24,25). The van der Waals surface area contributed by atoms with E-state index in [0.717, 1.165) is 11.1 Å². The highest BCUT2D eigenvalue weighted by molar-refractivity contribution is 5.95. The lowest BCUT2D eigenvalue weighted by atomic mass is 9.87. The minimum absolute atomic E-state index is 0.129. The van der Waals surface area contributed by atoms with E-state index in [1.54, 1.807) is 4.90 Å². The monoisotopic (exact) mass is 380 g/mol. The Bertz CT molecular complexity index is 859. The molecule has 1 aliphatic heterocycles. The number of nitrogens with zero attached hydrogens (tertiary/aromatic N) is 3. The molecule has 0 unspecified atom stereocenters. The van der Waals surface area contributed by atoms with Crippen LogP contribution in [0.4, 0.5) is 5.82 Å². The summed E-state index contributed by atoms with van der Waals surface area (Å²) >= 11 is 0. The fraction of sp³-hybridized carbons (Fsp3) is 0.455. The summed E-state index contributed by atoms with van der Waals surface area (Å²) < 4.78 is 0. The molecule has 28 heavy (non-hydrogen) atoms. The van der Waals surface area contributed by atoms with Crippen LogP contribution in [0.1, 0.15) is 60.8 Å². The molecule has 2 heterocycles. The fourth-order valence-electron chi connectivity index (χ4n) is 3.26. The maximum Gasteiger partial charge on any atom is 0.272 e. The molecule has 3 rings (SSSR count). The second-order valence-electron chi connectivity index (χ2n) is 8.33. The zero-order chi connectivity index (χ0) is 20.3. The molecule has 148 valence electrons. The summed E-state index contributed by atoms with van der Waals surface area (Å²) in [5.74, 6) is 0.736. The Hall–Kier alpha value is -2.76. The van der Waals surface area contributed by atoms with Gasteiger partial charge in [0.15, 0.2) is 0 Å². The first kappa shape index (κ1) is 20.0. The molecule has 1 aromatic heterocycles. The average Bonchev–Trinajstić information content (AvgIpc) is 2.67. The first-order chi connectivity index (χ1) is 13.3. The molecule has 0 aliphatic carbocycles. The molecule has 2 aromatic rings. The van der Waals surface area contributed by atoms with Crippen LogP contribution < -0.4 is 5.32 Å². The van der Waals surface area contributed by atoms with E-state index in [1.807, 2.05) is 6.92 Å². The van der Waals surface area contributed by atoms with Crippen molar-refractivity contribution in [3.8, 4) is 0 Å². The van der Waals surface area contributed by atoms with Gasteiger partial charge in [0.05, 0.1) is 0 Å². The van der Waals surface area contributed by atoms with Crippen LogP contribution in [0.3, 0.4) is 0 Å². The number of piperidine rings is 1. The Balaban J connectivity index is 1.69. The van der Waals surface area contributed by atoms with Crippen LogP contribution in [0.15, 0.2) is 30.6 Å². The zero-order valence-electron chi connectivity index (χ0n) is 17.1. The summed E-state index contributed by atoms with van der Waals surface area (Å²) in [5, 5.41) is 3.32. The Morgan fingerprint density at radius 2 is 1.75 bits per heavy atom. The Morgan fingerprint density at radius 3 is 2.36 bits per heavy atom. The Kier molecular flexibility index (Phi) is 5.77. The largest absolute Gasteiger partial charge is 0.366 e. The summed E-state index contributed by atoms with van der Waals surface area (Å²) in [6, 6.07) is 8.52. The molecular weight excluding hydrogens is 352 g/mol. The van der Waals surface area contributed by atoms with Crippen LogP contribution in [0.2, 0.25) is 0 Å². The topological polar surface area (TPSA) is 75.2 Å². The minimum atomic E-state index is -0.134. The molecule has 1 N–H and O–H groups in total. The van der Waals surface area contributed by atoms with Crippen molar-refractivity contribution < 1.29 is 9.59 Å². The maximum absolute atomic E-state index is 12.8. The third-order valence-electron chi connectivity index (χ3n) is 5.17. The number of benzene rings is 1. The molecule has 1 aliphatic rings. The number of anilines is 1. The highest BCUT2D eigenvalue weighted by atomic mass is 16.2. The molecule has 1 aromatic carbocycles. The molecule has 1 amide bonds. The minimum Gasteiger partial charge on any atom is -0.366 e. The van der Waals surface area contributed by atoms with E-state index in [4.69, 9.17) is 0 Å². The molecule has 0 radical (unpaired) electrons. The number of ketones is 1. The van der Waals surface area contributed by atoms with Gasteiger partial charge in [-0.15, -0.1) is 0 Å². The smallest absolute Gasteiger partial charge is 0.272 e. The second-order valence-corrected chi connectivity index (χ2v) is 8.33. The van der Waals surface area contributed by atoms with Crippen LogP contribution in [-0.2, 0) is 16.8 Å². The number of likely N-dealkylation sites (tertiary alicyclic amines) is 1. The normalized spacial score (nSPS) is 14.9. The van der Waals surface area contributed by atoms with Gasteiger partial charge in [0.1, 0.15) is 23.6 Å². The van der Waals surface area contributed by atoms with E-state index in [1.165, 1.54) is 11.9 Å². The highest BCUT2D eigenvalue weighted by Gasteiger charge is 2.25. The lowest BCUT2D eigenvalue weighted by Gasteiger charge is -2.26. The summed E-state index contributed by atoms with van der Waals surface area (Å²) in [6.45, 7) is 9.99. The van der Waals surface area contributed by atoms with Crippen molar-refractivity contribution in [1.29, 1.82) is 0 Å². The van der Waals surface area contributed by atoms with Crippen molar-refractivity contribution in [3.63, 3.8) is 0 Å². The average molecular weight is 380 g/mol. The summed E-state index contributed by atoms with van der Waals surface area (Å²) in [5.41, 5.74) is 3.70. The summed E-state index contributed by atoms with van der Waals surface area (Å²) in [6.07, 6.45) is 2.26. The second kappa shape index (κ2) is 8.09. The predicted octanol–water partition coefficient (Wildman–Crippen LogP) is 3.50. The SMILES string of the molecule is Cc1c(NCc2ccc(C(C)(C)C)cc2)ncnc1C(=O)N1CCC(=O)CC1. The lowest BCUT2D eigenvalue weighted by Crippen LogP contribution is -2.39. The van der Waals surface area contributed by atoms with E-state index in [9.17, 15) is 9.59 Å². The van der Waals surface area contributed by atoms with Gasteiger partial charge in [-0.25, -0.2) is 9.97 Å². The maximum atomic E-state index is 12.8. The van der Waals surface area contributed by atoms with Gasteiger partial charge in [-0.2, -0.15) is 0 Å². The van der Waals surface area contributed by atoms with Gasteiger partial charge >= 0.3 is 0 Å². The highest BCUT2D eigenvalue weighted by Crippen LogP contribution is 2.23. The molecule has 0 bridgehead atoms. The van der Waals surface area contributed by atoms with Crippen LogP contribution in [0, 0.1) is 6.92 Å². The molecule has 6 nitrogen and oxygen atoms in total. The van der Waals surface area contributed by atoms with Gasteiger partial charge in [-0.05, 0) is 23.5 Å². The van der Waals surface area contributed by atoms with Gasteiger partial charge in [0, 0.05) is 38.0 Å². The number of hydrogen-bond acceptors (Lipinski definition) is 5. The van der Waals surface area contributed by atoms with Crippen molar-refractivity contribution in [2.45, 2.75) is 52.5 Å². The van der Waals surface area contributed by atoms with Gasteiger partial charge in [-0.3, -0.25) is 9.59 Å². The number of amides is 1. The van der Waals surface area contributed by atoms with Crippen LogP contribution in [0.25, 0.3) is 0 Å². The quantitative estimate of drug-likeness (QED) is 0.879. The number of nitrogens with one attached hydrogen (secondary N) is 1. The van der Waals surface area contributed by atoms with Crippen LogP contribution >= 0.6 is 0 Å². The number of rotatable bonds is 4. The molecular formula is C22H28N4O2. The van der Waals surface area contributed by atoms with Crippen LogP contribution in [-0.4, -0.2) is 39.6 Å². The van der Waals surface area contributed by atoms with E-state index in [0.29, 0.717) is 44.0 Å². The molecule has 1 saturated heterocycles. The van der Waals surface area contributed by atoms with E-state index < -0.39 is 0 Å². The number of hydrogen-bond donors (Lipinski definition) is 1. The number of carbonyl (C=O) groups excluding carboxylic acids is 2. The third kappa shape index (κ3) is 4.55. The van der Waals surface area contributed by atoms with Crippen molar-refractivity contribution in [1.82, 2.24) is 14.9 Å². The zero-order valence-corrected chi connectivity index (χ0v) is 17.1. The van der Waals surface area contributed by atoms with Gasteiger partial charge in [0.25, 0.3) is 5.91 Å². The molecule has 0 spiro atoms. The van der Waals surface area contributed by atoms with Gasteiger partial charge in [0.2, 0.25) is 0 Å². The van der Waals surface area contributed by atoms with E-state index in [2.05, 4.69) is 60.3 Å². The first-order valence-electron chi connectivity index (χ1n) is 9.71. The molecule has 6 heteroatoms. The van der Waals surface area contributed by atoms with E-state index in [-0.39, 0.29) is 17.1 Å². The number of carbonyl (C=O) groups is 2. The Labute approximate surface area is 166 Å². The van der Waals surface area contributed by atoms with Gasteiger partial charge in [-0.1, -0.05) is 45.0 Å². The van der Waals surface area contributed by atoms with Gasteiger partial charge < -0.3 is 10.2 Å². The van der Waals surface area contributed by atoms with Crippen molar-refractivity contribution in [2.75, 3.05) is 18.4 Å². The van der Waals surface area contributed by atoms with E-state index >= 15 is 0 Å². The number of aromatic nitrogens is 2. The molecule has 0 atom stereocenters. The third-order valence-corrected chi connectivity index (χ3v) is 5.17. The Morgan fingerprint density at radius 1 is 1.11 bits per heavy atom. The summed E-state index contributed by atoms with van der Waals surface area (Å²) in [4.78, 5) is 34.4. The predicted molar refractivity (Wildman–Crippen MR) is 109 cm³/mol. The van der Waals surface area contributed by atoms with Crippen molar-refractivity contribution >= 4 is 17.5 Å². The van der Waals surface area contributed by atoms with Crippen molar-refractivity contribution in [2.24, 2.45) is 0 Å².